The molecule has 0 aliphatic heterocycles. The molecule has 3 N–H and O–H groups in total. The molecular formula is C15H23N3O3. The monoisotopic (exact) mass is 293 g/mol. The Bertz CT molecular complexity index is 499. The Kier molecular flexibility index (Phi) is 6.52. The Morgan fingerprint density at radius 2 is 1.90 bits per heavy atom. The van der Waals surface area contributed by atoms with Crippen molar-refractivity contribution in [3.8, 4) is 5.75 Å². The molecule has 0 aliphatic rings. The van der Waals surface area contributed by atoms with Crippen LogP contribution in [0, 0.1) is 0 Å². The molecule has 0 bridgehead atoms. The molecule has 6 heteroatoms. The van der Waals surface area contributed by atoms with Gasteiger partial charge in [0, 0.05) is 31.6 Å². The average Bonchev–Trinajstić information content (AvgIpc) is 2.46. The Balaban J connectivity index is 2.51. The summed E-state index contributed by atoms with van der Waals surface area (Å²) in [6.45, 7) is 5.15. The highest BCUT2D eigenvalue weighted by molar-refractivity contribution is 5.93. The second-order valence-electron chi connectivity index (χ2n) is 4.57. The molecule has 116 valence electrons. The fraction of sp³-hybridized carbons (Fsp3) is 0.467. The maximum absolute atomic E-state index is 11.8. The summed E-state index contributed by atoms with van der Waals surface area (Å²) >= 11 is 0. The highest BCUT2D eigenvalue weighted by atomic mass is 16.5. The van der Waals surface area contributed by atoms with Crippen LogP contribution >= 0.6 is 0 Å². The van der Waals surface area contributed by atoms with E-state index in [4.69, 9.17) is 10.5 Å². The number of nitrogens with two attached hydrogens (primary N) is 1. The summed E-state index contributed by atoms with van der Waals surface area (Å²) in [5.74, 6) is 0.342. The number of methoxy groups -OCH3 is 1. The van der Waals surface area contributed by atoms with Crippen LogP contribution < -0.4 is 15.8 Å². The number of nitrogen functional groups attached to an aromatic ring is 1. The minimum atomic E-state index is -0.208. The van der Waals surface area contributed by atoms with E-state index in [0.717, 1.165) is 0 Å². The van der Waals surface area contributed by atoms with Gasteiger partial charge in [-0.05, 0) is 32.0 Å². The lowest BCUT2D eigenvalue weighted by Gasteiger charge is -2.18. The van der Waals surface area contributed by atoms with Gasteiger partial charge in [-0.3, -0.25) is 9.59 Å². The summed E-state index contributed by atoms with van der Waals surface area (Å²) in [5.41, 5.74) is 6.81. The molecule has 21 heavy (non-hydrogen) atoms. The molecule has 0 heterocycles. The number of hydrogen-bond donors (Lipinski definition) is 2. The van der Waals surface area contributed by atoms with Crippen LogP contribution in [0.25, 0.3) is 0 Å². The normalized spacial score (nSPS) is 10.0. The third-order valence-corrected chi connectivity index (χ3v) is 3.20. The number of ether oxygens (including phenoxy) is 1. The summed E-state index contributed by atoms with van der Waals surface area (Å²) in [6, 6.07) is 5.02. The number of benzene rings is 1. The van der Waals surface area contributed by atoms with E-state index < -0.39 is 0 Å². The molecule has 0 saturated carbocycles. The van der Waals surface area contributed by atoms with Crippen molar-refractivity contribution in [2.45, 2.75) is 26.7 Å². The summed E-state index contributed by atoms with van der Waals surface area (Å²) in [4.78, 5) is 25.3. The molecular weight excluding hydrogens is 270 g/mol. The molecule has 0 aliphatic carbocycles. The minimum absolute atomic E-state index is 0.00982. The third kappa shape index (κ3) is 4.98. The molecule has 1 aromatic rings. The Morgan fingerprint density at radius 3 is 2.43 bits per heavy atom. The number of carbonyl (C=O) groups excluding carboxylic acids is 2. The molecule has 0 aromatic heterocycles. The first-order valence-corrected chi connectivity index (χ1v) is 7.02. The van der Waals surface area contributed by atoms with Gasteiger partial charge >= 0.3 is 0 Å². The fourth-order valence-electron chi connectivity index (χ4n) is 1.99. The van der Waals surface area contributed by atoms with Crippen molar-refractivity contribution in [3.05, 3.63) is 18.2 Å². The van der Waals surface area contributed by atoms with Crippen LogP contribution in [-0.2, 0) is 9.59 Å². The van der Waals surface area contributed by atoms with Crippen molar-refractivity contribution in [3.63, 3.8) is 0 Å². The van der Waals surface area contributed by atoms with Gasteiger partial charge in [0.05, 0.1) is 12.8 Å². The van der Waals surface area contributed by atoms with Crippen molar-refractivity contribution >= 4 is 23.2 Å². The van der Waals surface area contributed by atoms with Crippen molar-refractivity contribution in [1.29, 1.82) is 0 Å². The lowest BCUT2D eigenvalue weighted by Crippen LogP contribution is -2.31. The highest BCUT2D eigenvalue weighted by Gasteiger charge is 2.12. The van der Waals surface area contributed by atoms with Gasteiger partial charge in [0.2, 0.25) is 11.8 Å². The zero-order valence-corrected chi connectivity index (χ0v) is 12.8. The maximum Gasteiger partial charge on any atom is 0.224 e. The second-order valence-corrected chi connectivity index (χ2v) is 4.57. The number of rotatable bonds is 7. The Hall–Kier alpha value is -2.24. The van der Waals surface area contributed by atoms with Gasteiger partial charge in [0.15, 0.2) is 0 Å². The molecule has 0 atom stereocenters. The van der Waals surface area contributed by atoms with Gasteiger partial charge in [-0.15, -0.1) is 0 Å². The fourth-order valence-corrected chi connectivity index (χ4v) is 1.99. The largest absolute Gasteiger partial charge is 0.495 e. The van der Waals surface area contributed by atoms with Crippen LogP contribution in [0.15, 0.2) is 18.2 Å². The molecule has 1 rings (SSSR count). The summed E-state index contributed by atoms with van der Waals surface area (Å²) in [7, 11) is 1.53. The Morgan fingerprint density at radius 1 is 1.24 bits per heavy atom. The SMILES string of the molecule is CCN(CC)C(=O)CCC(=O)Nc1ccc(OC)c(N)c1. The third-order valence-electron chi connectivity index (χ3n) is 3.20. The van der Waals surface area contributed by atoms with Gasteiger partial charge in [-0.2, -0.15) is 0 Å². The molecule has 0 spiro atoms. The number of hydrogen-bond acceptors (Lipinski definition) is 4. The van der Waals surface area contributed by atoms with E-state index in [1.54, 1.807) is 23.1 Å². The van der Waals surface area contributed by atoms with Gasteiger partial charge in [0.25, 0.3) is 0 Å². The van der Waals surface area contributed by atoms with Gasteiger partial charge in [-0.25, -0.2) is 0 Å². The predicted molar refractivity (Wildman–Crippen MR) is 83.2 cm³/mol. The van der Waals surface area contributed by atoms with Crippen molar-refractivity contribution < 1.29 is 14.3 Å². The second kappa shape index (κ2) is 8.14. The van der Waals surface area contributed by atoms with E-state index in [9.17, 15) is 9.59 Å². The number of carbonyl (C=O) groups is 2. The number of nitrogens with one attached hydrogen (secondary N) is 1. The summed E-state index contributed by atoms with van der Waals surface area (Å²) < 4.78 is 5.05. The van der Waals surface area contributed by atoms with Crippen molar-refractivity contribution in [1.82, 2.24) is 4.90 Å². The Labute approximate surface area is 125 Å². The van der Waals surface area contributed by atoms with Gasteiger partial charge in [0.1, 0.15) is 5.75 Å². The zero-order valence-electron chi connectivity index (χ0n) is 12.8. The minimum Gasteiger partial charge on any atom is -0.495 e. The van der Waals surface area contributed by atoms with Crippen LogP contribution in [0.5, 0.6) is 5.75 Å². The topological polar surface area (TPSA) is 84.7 Å². The number of nitrogens with zero attached hydrogens (tertiary/aromatic N) is 1. The van der Waals surface area contributed by atoms with Crippen LogP contribution in [0.1, 0.15) is 26.7 Å². The standard InChI is InChI=1S/C15H23N3O3/c1-4-18(5-2)15(20)9-8-14(19)17-11-6-7-13(21-3)12(16)10-11/h6-7,10H,4-5,8-9,16H2,1-3H3,(H,17,19). The van der Waals surface area contributed by atoms with Crippen molar-refractivity contribution in [2.75, 3.05) is 31.2 Å². The predicted octanol–water partition coefficient (Wildman–Crippen LogP) is 1.86. The molecule has 0 unspecified atom stereocenters. The van der Waals surface area contributed by atoms with Crippen LogP contribution in [0.3, 0.4) is 0 Å². The molecule has 0 radical (unpaired) electrons. The lowest BCUT2D eigenvalue weighted by molar-refractivity contribution is -0.132. The first-order chi connectivity index (χ1) is 10.0. The molecule has 0 saturated heterocycles. The van der Waals surface area contributed by atoms with E-state index in [2.05, 4.69) is 5.32 Å². The smallest absolute Gasteiger partial charge is 0.224 e. The summed E-state index contributed by atoms with van der Waals surface area (Å²) in [5, 5.41) is 2.72. The van der Waals surface area contributed by atoms with Crippen LogP contribution in [-0.4, -0.2) is 36.9 Å². The van der Waals surface area contributed by atoms with E-state index in [1.165, 1.54) is 7.11 Å². The molecule has 0 fully saturated rings. The molecule has 1 aromatic carbocycles. The zero-order chi connectivity index (χ0) is 15.8. The molecule has 6 nitrogen and oxygen atoms in total. The lowest BCUT2D eigenvalue weighted by atomic mass is 10.2. The highest BCUT2D eigenvalue weighted by Crippen LogP contribution is 2.24. The van der Waals surface area contributed by atoms with Gasteiger partial charge < -0.3 is 20.7 Å². The van der Waals surface area contributed by atoms with E-state index in [1.807, 2.05) is 13.8 Å². The van der Waals surface area contributed by atoms with E-state index >= 15 is 0 Å². The summed E-state index contributed by atoms with van der Waals surface area (Å²) in [6.07, 6.45) is 0.362. The average molecular weight is 293 g/mol. The van der Waals surface area contributed by atoms with E-state index in [-0.39, 0.29) is 24.7 Å². The number of anilines is 2. The maximum atomic E-state index is 11.8. The quantitative estimate of drug-likeness (QED) is 0.752. The molecule has 2 amide bonds. The van der Waals surface area contributed by atoms with E-state index in [0.29, 0.717) is 30.2 Å². The van der Waals surface area contributed by atoms with Crippen molar-refractivity contribution in [2.24, 2.45) is 0 Å². The number of amides is 2. The van der Waals surface area contributed by atoms with Gasteiger partial charge in [-0.1, -0.05) is 0 Å². The van der Waals surface area contributed by atoms with Crippen LogP contribution in [0.4, 0.5) is 11.4 Å². The van der Waals surface area contributed by atoms with Crippen LogP contribution in [0.2, 0.25) is 0 Å². The first kappa shape index (κ1) is 16.8. The first-order valence-electron chi connectivity index (χ1n) is 7.02.